The van der Waals surface area contributed by atoms with Crippen molar-refractivity contribution in [1.29, 1.82) is 0 Å². The zero-order valence-corrected chi connectivity index (χ0v) is 18.6. The number of halogens is 1. The first kappa shape index (κ1) is 21.8. The summed E-state index contributed by atoms with van der Waals surface area (Å²) in [4.78, 5) is 22.5. The molecule has 0 aliphatic rings. The molecule has 0 saturated heterocycles. The zero-order chi connectivity index (χ0) is 17.4. The SMILES string of the molecule is CN=C(NCCCNC(=O)c1cccs1)NCc1nc(C)c(C)s1.I. The Hall–Kier alpha value is -1.20. The molecule has 0 saturated carbocycles. The fourth-order valence-electron chi connectivity index (χ4n) is 1.99. The number of aryl methyl sites for hydroxylation is 2. The molecule has 0 atom stereocenters. The summed E-state index contributed by atoms with van der Waals surface area (Å²) in [5.74, 6) is 0.729. The minimum atomic E-state index is -0.0120. The van der Waals surface area contributed by atoms with Crippen LogP contribution in [-0.4, -0.2) is 37.0 Å². The average molecular weight is 493 g/mol. The van der Waals surface area contributed by atoms with Crippen molar-refractivity contribution in [2.75, 3.05) is 20.1 Å². The average Bonchev–Trinajstić information content (AvgIpc) is 3.20. The highest BCUT2D eigenvalue weighted by Crippen LogP contribution is 2.15. The Morgan fingerprint density at radius 2 is 2.00 bits per heavy atom. The lowest BCUT2D eigenvalue weighted by Crippen LogP contribution is -2.38. The van der Waals surface area contributed by atoms with E-state index >= 15 is 0 Å². The number of guanidine groups is 1. The number of amides is 1. The van der Waals surface area contributed by atoms with Gasteiger partial charge in [0.15, 0.2) is 5.96 Å². The Morgan fingerprint density at radius 3 is 2.60 bits per heavy atom. The predicted octanol–water partition coefficient (Wildman–Crippen LogP) is 2.92. The number of hydrogen-bond donors (Lipinski definition) is 3. The van der Waals surface area contributed by atoms with E-state index < -0.39 is 0 Å². The van der Waals surface area contributed by atoms with E-state index in [4.69, 9.17) is 0 Å². The largest absolute Gasteiger partial charge is 0.356 e. The van der Waals surface area contributed by atoms with Crippen LogP contribution in [0.2, 0.25) is 0 Å². The first-order chi connectivity index (χ1) is 11.6. The van der Waals surface area contributed by atoms with Gasteiger partial charge in [-0.25, -0.2) is 4.98 Å². The van der Waals surface area contributed by atoms with Crippen molar-refractivity contribution < 1.29 is 4.79 Å². The minimum Gasteiger partial charge on any atom is -0.356 e. The molecule has 0 aliphatic heterocycles. The monoisotopic (exact) mass is 493 g/mol. The molecule has 0 unspecified atom stereocenters. The van der Waals surface area contributed by atoms with Crippen molar-refractivity contribution in [2.24, 2.45) is 4.99 Å². The summed E-state index contributed by atoms with van der Waals surface area (Å²) < 4.78 is 0. The summed E-state index contributed by atoms with van der Waals surface area (Å²) in [6.07, 6.45) is 0.827. The zero-order valence-electron chi connectivity index (χ0n) is 14.6. The fourth-order valence-corrected chi connectivity index (χ4v) is 3.50. The molecule has 0 fully saturated rings. The number of thiophene rings is 1. The Kier molecular flexibility index (Phi) is 9.98. The van der Waals surface area contributed by atoms with Crippen LogP contribution in [0.4, 0.5) is 0 Å². The number of carbonyl (C=O) groups is 1. The van der Waals surface area contributed by atoms with Crippen LogP contribution in [0.5, 0.6) is 0 Å². The molecule has 3 N–H and O–H groups in total. The van der Waals surface area contributed by atoms with Crippen molar-refractivity contribution in [3.63, 3.8) is 0 Å². The van der Waals surface area contributed by atoms with E-state index in [0.717, 1.165) is 34.5 Å². The van der Waals surface area contributed by atoms with Crippen LogP contribution in [0.25, 0.3) is 0 Å². The van der Waals surface area contributed by atoms with Crippen molar-refractivity contribution in [1.82, 2.24) is 20.9 Å². The van der Waals surface area contributed by atoms with Gasteiger partial charge in [0.25, 0.3) is 5.91 Å². The normalized spacial score (nSPS) is 10.9. The van der Waals surface area contributed by atoms with Crippen LogP contribution in [0.1, 0.15) is 31.7 Å². The second kappa shape index (κ2) is 11.4. The lowest BCUT2D eigenvalue weighted by atomic mass is 10.4. The third-order valence-electron chi connectivity index (χ3n) is 3.38. The van der Waals surface area contributed by atoms with Crippen molar-refractivity contribution in [2.45, 2.75) is 26.8 Å². The number of rotatable bonds is 7. The van der Waals surface area contributed by atoms with Gasteiger partial charge in [-0.2, -0.15) is 0 Å². The smallest absolute Gasteiger partial charge is 0.261 e. The molecule has 6 nitrogen and oxygen atoms in total. The standard InChI is InChI=1S/C16H23N5OS2.HI/c1-11-12(2)24-14(21-11)10-20-16(17-3)19-8-5-7-18-15(22)13-6-4-9-23-13;/h4,6,9H,5,7-8,10H2,1-3H3,(H,18,22)(H2,17,19,20);1H. The maximum Gasteiger partial charge on any atom is 0.261 e. The van der Waals surface area contributed by atoms with E-state index in [1.54, 1.807) is 18.4 Å². The van der Waals surface area contributed by atoms with Gasteiger partial charge in [-0.3, -0.25) is 9.79 Å². The molecule has 0 bridgehead atoms. The number of aromatic nitrogens is 1. The second-order valence-corrected chi connectivity index (χ2v) is 7.42. The predicted molar refractivity (Wildman–Crippen MR) is 116 cm³/mol. The highest BCUT2D eigenvalue weighted by atomic mass is 127. The lowest BCUT2D eigenvalue weighted by molar-refractivity contribution is 0.0957. The van der Waals surface area contributed by atoms with Crippen molar-refractivity contribution in [3.8, 4) is 0 Å². The summed E-state index contributed by atoms with van der Waals surface area (Å²) in [7, 11) is 1.74. The maximum absolute atomic E-state index is 11.8. The second-order valence-electron chi connectivity index (χ2n) is 5.19. The topological polar surface area (TPSA) is 78.4 Å². The first-order valence-corrected chi connectivity index (χ1v) is 9.49. The molecule has 25 heavy (non-hydrogen) atoms. The molecule has 2 rings (SSSR count). The number of nitrogens with one attached hydrogen (secondary N) is 3. The Morgan fingerprint density at radius 1 is 1.24 bits per heavy atom. The molecule has 0 spiro atoms. The molecule has 0 aromatic carbocycles. The molecular weight excluding hydrogens is 469 g/mol. The van der Waals surface area contributed by atoms with Crippen LogP contribution in [0.3, 0.4) is 0 Å². The van der Waals surface area contributed by atoms with Crippen LogP contribution >= 0.6 is 46.7 Å². The minimum absolute atomic E-state index is 0. The number of aliphatic imine (C=N–C) groups is 1. The molecule has 0 radical (unpaired) electrons. The van der Waals surface area contributed by atoms with E-state index in [1.807, 2.05) is 24.4 Å². The fraction of sp³-hybridized carbons (Fsp3) is 0.438. The highest BCUT2D eigenvalue weighted by molar-refractivity contribution is 14.0. The number of carbonyl (C=O) groups excluding carboxylic acids is 1. The quantitative estimate of drug-likeness (QED) is 0.240. The summed E-state index contributed by atoms with van der Waals surface area (Å²) in [5, 5.41) is 12.3. The van der Waals surface area contributed by atoms with Crippen LogP contribution in [0.15, 0.2) is 22.5 Å². The van der Waals surface area contributed by atoms with E-state index in [2.05, 4.69) is 32.9 Å². The molecule has 9 heteroatoms. The first-order valence-electron chi connectivity index (χ1n) is 7.79. The van der Waals surface area contributed by atoms with Crippen molar-refractivity contribution >= 4 is 58.5 Å². The molecule has 138 valence electrons. The van der Waals surface area contributed by atoms with E-state index in [0.29, 0.717) is 13.1 Å². The molecule has 1 amide bonds. The highest BCUT2D eigenvalue weighted by Gasteiger charge is 2.06. The van der Waals surface area contributed by atoms with Gasteiger partial charge in [0.2, 0.25) is 0 Å². The van der Waals surface area contributed by atoms with E-state index in [1.165, 1.54) is 16.2 Å². The maximum atomic E-state index is 11.8. The Labute approximate surface area is 173 Å². The van der Waals surface area contributed by atoms with E-state index in [9.17, 15) is 4.79 Å². The van der Waals surface area contributed by atoms with Crippen LogP contribution in [-0.2, 0) is 6.54 Å². The van der Waals surface area contributed by atoms with Gasteiger partial charge in [-0.15, -0.1) is 46.7 Å². The van der Waals surface area contributed by atoms with Gasteiger partial charge in [0.05, 0.1) is 17.1 Å². The lowest BCUT2D eigenvalue weighted by Gasteiger charge is -2.11. The molecule has 2 heterocycles. The summed E-state index contributed by atoms with van der Waals surface area (Å²) >= 11 is 3.15. The Bertz CT molecular complexity index is 665. The Balaban J connectivity index is 0.00000312. The summed E-state index contributed by atoms with van der Waals surface area (Å²) in [6, 6.07) is 3.70. The molecule has 2 aromatic rings. The van der Waals surface area contributed by atoms with Gasteiger partial charge < -0.3 is 16.0 Å². The summed E-state index contributed by atoms with van der Waals surface area (Å²) in [5.41, 5.74) is 1.08. The van der Waals surface area contributed by atoms with Crippen LogP contribution < -0.4 is 16.0 Å². The van der Waals surface area contributed by atoms with Crippen LogP contribution in [0, 0.1) is 13.8 Å². The van der Waals surface area contributed by atoms with E-state index in [-0.39, 0.29) is 29.9 Å². The third-order valence-corrected chi connectivity index (χ3v) is 5.32. The molecule has 0 aliphatic carbocycles. The van der Waals surface area contributed by atoms with Gasteiger partial charge >= 0.3 is 0 Å². The summed E-state index contributed by atoms with van der Waals surface area (Å²) in [6.45, 7) is 6.13. The van der Waals surface area contributed by atoms with Crippen molar-refractivity contribution in [3.05, 3.63) is 38.0 Å². The number of thiazole rings is 1. The van der Waals surface area contributed by atoms with Gasteiger partial charge in [0.1, 0.15) is 5.01 Å². The van der Waals surface area contributed by atoms with Gasteiger partial charge in [-0.05, 0) is 31.7 Å². The number of hydrogen-bond acceptors (Lipinski definition) is 5. The molecule has 2 aromatic heterocycles. The number of nitrogens with zero attached hydrogens (tertiary/aromatic N) is 2. The van der Waals surface area contributed by atoms with Gasteiger partial charge in [-0.1, -0.05) is 6.07 Å². The molecular formula is C16H24IN5OS2. The van der Waals surface area contributed by atoms with Gasteiger partial charge in [0, 0.05) is 25.0 Å². The third kappa shape index (κ3) is 7.28.